The Morgan fingerprint density at radius 2 is 1.76 bits per heavy atom. The maximum absolute atomic E-state index is 13.5. The van der Waals surface area contributed by atoms with E-state index in [1.54, 1.807) is 9.47 Å². The number of aromatic nitrogens is 1. The van der Waals surface area contributed by atoms with Gasteiger partial charge in [-0.1, -0.05) is 82.8 Å². The molecule has 42 heavy (non-hydrogen) atoms. The number of pyridine rings is 1. The second-order valence-electron chi connectivity index (χ2n) is 11.7. The van der Waals surface area contributed by atoms with Crippen LogP contribution in [0.25, 0.3) is 6.08 Å². The standard InChI is InChI=1S/C32H46N4O4S2/c1-4-5-18-35-29(34-17-14-15-23(2)22-34)25(24(3)26(21-33)30(35)39)20-27-31(40)36(32(41)42-27)19-13-11-9-7-6-8-10-12-16-28(37)38/h20,23H,4-19,22H2,1-3H3,(H,37,38)/b27-20-. The van der Waals surface area contributed by atoms with Gasteiger partial charge in [-0.15, -0.1) is 0 Å². The number of carbonyl (C=O) groups is 2. The highest BCUT2D eigenvalue weighted by molar-refractivity contribution is 8.26. The first-order chi connectivity index (χ1) is 20.2. The molecule has 1 N–H and O–H groups in total. The van der Waals surface area contributed by atoms with Crippen molar-refractivity contribution in [2.75, 3.05) is 24.5 Å². The molecule has 0 spiro atoms. The number of thioether (sulfide) groups is 1. The third-order valence-corrected chi connectivity index (χ3v) is 9.59. The molecule has 0 radical (unpaired) electrons. The van der Waals surface area contributed by atoms with E-state index < -0.39 is 5.97 Å². The van der Waals surface area contributed by atoms with Gasteiger partial charge in [0.05, 0.1) is 4.91 Å². The molecule has 2 aliphatic rings. The monoisotopic (exact) mass is 614 g/mol. The number of nitriles is 1. The molecule has 1 amide bonds. The highest BCUT2D eigenvalue weighted by atomic mass is 32.2. The molecule has 10 heteroatoms. The molecule has 230 valence electrons. The van der Waals surface area contributed by atoms with Gasteiger partial charge in [0, 0.05) is 38.2 Å². The molecule has 0 aliphatic carbocycles. The molecule has 1 aromatic rings. The van der Waals surface area contributed by atoms with Crippen molar-refractivity contribution in [1.82, 2.24) is 9.47 Å². The van der Waals surface area contributed by atoms with Gasteiger partial charge in [0.15, 0.2) is 0 Å². The highest BCUT2D eigenvalue weighted by Crippen LogP contribution is 2.37. The number of carbonyl (C=O) groups excluding carboxylic acids is 1. The zero-order valence-corrected chi connectivity index (χ0v) is 27.1. The Labute approximate surface area is 260 Å². The molecule has 0 saturated carbocycles. The van der Waals surface area contributed by atoms with E-state index in [2.05, 4.69) is 24.8 Å². The van der Waals surface area contributed by atoms with Crippen LogP contribution >= 0.6 is 24.0 Å². The molecule has 8 nitrogen and oxygen atoms in total. The number of thiocarbonyl (C=S) groups is 1. The van der Waals surface area contributed by atoms with Crippen LogP contribution in [0.5, 0.6) is 0 Å². The smallest absolute Gasteiger partial charge is 0.303 e. The van der Waals surface area contributed by atoms with E-state index >= 15 is 0 Å². The third kappa shape index (κ3) is 8.93. The minimum absolute atomic E-state index is 0.106. The van der Waals surface area contributed by atoms with Crippen LogP contribution in [0.4, 0.5) is 5.82 Å². The van der Waals surface area contributed by atoms with Crippen molar-refractivity contribution in [2.24, 2.45) is 5.92 Å². The zero-order chi connectivity index (χ0) is 30.6. The number of anilines is 1. The first kappa shape index (κ1) is 33.9. The van der Waals surface area contributed by atoms with Gasteiger partial charge in [0.25, 0.3) is 11.5 Å². The van der Waals surface area contributed by atoms with E-state index in [0.29, 0.717) is 33.8 Å². The Bertz CT molecular complexity index is 1270. The zero-order valence-electron chi connectivity index (χ0n) is 25.5. The van der Waals surface area contributed by atoms with Gasteiger partial charge in [-0.25, -0.2) is 0 Å². The van der Waals surface area contributed by atoms with Crippen LogP contribution in [-0.4, -0.2) is 50.4 Å². The van der Waals surface area contributed by atoms with Crippen LogP contribution in [0.1, 0.15) is 114 Å². The highest BCUT2D eigenvalue weighted by Gasteiger charge is 2.33. The van der Waals surface area contributed by atoms with Gasteiger partial charge in [-0.3, -0.25) is 23.9 Å². The van der Waals surface area contributed by atoms with Crippen LogP contribution < -0.4 is 10.5 Å². The topological polar surface area (TPSA) is 107 Å². The summed E-state index contributed by atoms with van der Waals surface area (Å²) in [6, 6.07) is 2.14. The van der Waals surface area contributed by atoms with Crippen LogP contribution in [0.15, 0.2) is 9.70 Å². The molecule has 2 saturated heterocycles. The number of rotatable bonds is 16. The molecule has 3 rings (SSSR count). The van der Waals surface area contributed by atoms with Crippen molar-refractivity contribution >= 4 is 52.1 Å². The number of nitrogens with zero attached hydrogens (tertiary/aromatic N) is 4. The van der Waals surface area contributed by atoms with Gasteiger partial charge in [0.2, 0.25) is 0 Å². The quantitative estimate of drug-likeness (QED) is 0.122. The maximum Gasteiger partial charge on any atom is 0.303 e. The largest absolute Gasteiger partial charge is 0.481 e. The lowest BCUT2D eigenvalue weighted by Crippen LogP contribution is -2.40. The van der Waals surface area contributed by atoms with Crippen LogP contribution in [-0.2, 0) is 16.1 Å². The lowest BCUT2D eigenvalue weighted by atomic mass is 9.98. The maximum atomic E-state index is 13.5. The summed E-state index contributed by atoms with van der Waals surface area (Å²) in [4.78, 5) is 42.1. The van der Waals surface area contributed by atoms with Crippen LogP contribution in [0, 0.1) is 24.2 Å². The first-order valence-corrected chi connectivity index (χ1v) is 16.8. The van der Waals surface area contributed by atoms with E-state index in [0.717, 1.165) is 102 Å². The van der Waals surface area contributed by atoms with Gasteiger partial charge in [-0.05, 0) is 56.6 Å². The molecule has 3 heterocycles. The van der Waals surface area contributed by atoms with Crippen LogP contribution in [0.3, 0.4) is 0 Å². The summed E-state index contributed by atoms with van der Waals surface area (Å²) in [5, 5.41) is 18.6. The van der Waals surface area contributed by atoms with Crippen molar-refractivity contribution < 1.29 is 14.7 Å². The summed E-state index contributed by atoms with van der Waals surface area (Å²) in [5.74, 6) is 0.485. The second kappa shape index (κ2) is 16.9. The minimum atomic E-state index is -0.726. The van der Waals surface area contributed by atoms with Gasteiger partial charge in [0.1, 0.15) is 21.8 Å². The molecular formula is C32H46N4O4S2. The molecule has 0 bridgehead atoms. The van der Waals surface area contributed by atoms with Gasteiger partial charge < -0.3 is 10.0 Å². The van der Waals surface area contributed by atoms with E-state index in [-0.39, 0.29) is 23.5 Å². The molecule has 2 aliphatic heterocycles. The lowest BCUT2D eigenvalue weighted by Gasteiger charge is -2.36. The van der Waals surface area contributed by atoms with Crippen molar-refractivity contribution in [3.05, 3.63) is 31.9 Å². The SMILES string of the molecule is CCCCn1c(N2CCCC(C)C2)c(/C=C2\SC(=S)N(CCCCCCCCCCC(=O)O)C2=O)c(C)c(C#N)c1=O. The number of amides is 1. The predicted molar refractivity (Wildman–Crippen MR) is 175 cm³/mol. The second-order valence-corrected chi connectivity index (χ2v) is 13.3. The first-order valence-electron chi connectivity index (χ1n) is 15.6. The Morgan fingerprint density at radius 1 is 1.10 bits per heavy atom. The number of aliphatic carboxylic acids is 1. The summed E-state index contributed by atoms with van der Waals surface area (Å²) in [6.07, 6.45) is 14.0. The molecule has 1 aromatic heterocycles. The lowest BCUT2D eigenvalue weighted by molar-refractivity contribution is -0.137. The molecule has 1 unspecified atom stereocenters. The van der Waals surface area contributed by atoms with E-state index in [4.69, 9.17) is 17.3 Å². The Balaban J connectivity index is 1.75. The fourth-order valence-electron chi connectivity index (χ4n) is 5.82. The van der Waals surface area contributed by atoms with Crippen molar-refractivity contribution in [2.45, 2.75) is 111 Å². The van der Waals surface area contributed by atoms with E-state index in [1.165, 1.54) is 11.8 Å². The summed E-state index contributed by atoms with van der Waals surface area (Å²) < 4.78 is 2.32. The number of piperidine rings is 1. The van der Waals surface area contributed by atoms with Gasteiger partial charge in [-0.2, -0.15) is 5.26 Å². The fourth-order valence-corrected chi connectivity index (χ4v) is 7.11. The summed E-state index contributed by atoms with van der Waals surface area (Å²) in [6.45, 7) is 8.92. The van der Waals surface area contributed by atoms with Crippen molar-refractivity contribution in [1.29, 1.82) is 5.26 Å². The third-order valence-electron chi connectivity index (χ3n) is 8.21. The molecule has 1 atom stereocenters. The number of unbranched alkanes of at least 4 members (excludes halogenated alkanes) is 8. The Morgan fingerprint density at radius 3 is 2.38 bits per heavy atom. The average Bonchev–Trinajstić information content (AvgIpc) is 3.22. The minimum Gasteiger partial charge on any atom is -0.481 e. The Hall–Kier alpha value is -2.64. The number of hydrogen-bond donors (Lipinski definition) is 1. The molecular weight excluding hydrogens is 569 g/mol. The average molecular weight is 615 g/mol. The Kier molecular flexibility index (Phi) is 13.6. The van der Waals surface area contributed by atoms with Crippen LogP contribution in [0.2, 0.25) is 0 Å². The van der Waals surface area contributed by atoms with E-state index in [1.807, 2.05) is 13.0 Å². The number of carboxylic acids is 1. The summed E-state index contributed by atoms with van der Waals surface area (Å²) in [5.41, 5.74) is 1.29. The summed E-state index contributed by atoms with van der Waals surface area (Å²) >= 11 is 6.92. The molecule has 0 aromatic carbocycles. The van der Waals surface area contributed by atoms with E-state index in [9.17, 15) is 19.6 Å². The summed E-state index contributed by atoms with van der Waals surface area (Å²) in [7, 11) is 0. The number of hydrogen-bond acceptors (Lipinski definition) is 7. The normalized spacial score (nSPS) is 18.2. The predicted octanol–water partition coefficient (Wildman–Crippen LogP) is 6.86. The fraction of sp³-hybridized carbons (Fsp3) is 0.656. The van der Waals surface area contributed by atoms with Crippen molar-refractivity contribution in [3.63, 3.8) is 0 Å². The van der Waals surface area contributed by atoms with Gasteiger partial charge >= 0.3 is 5.97 Å². The molecule has 2 fully saturated rings. The van der Waals surface area contributed by atoms with Crippen molar-refractivity contribution in [3.8, 4) is 6.07 Å². The number of carboxylic acid groups (broad SMARTS) is 1.